The Hall–Kier alpha value is -0.380. The van der Waals surface area contributed by atoms with Crippen LogP contribution in [-0.2, 0) is 0 Å². The lowest BCUT2D eigenvalue weighted by Crippen LogP contribution is -2.16. The maximum absolute atomic E-state index is 5.87. The highest BCUT2D eigenvalue weighted by Crippen LogP contribution is 2.31. The van der Waals surface area contributed by atoms with Crippen LogP contribution in [0.3, 0.4) is 0 Å². The Bertz CT molecular complexity index is 367. The molecule has 1 aromatic rings. The number of nitrogens with zero attached hydrogens (tertiary/aromatic N) is 1. The van der Waals surface area contributed by atoms with Crippen LogP contribution in [0.25, 0.3) is 6.08 Å². The molecule has 0 atom stereocenters. The zero-order chi connectivity index (χ0) is 11.4. The van der Waals surface area contributed by atoms with Crippen LogP contribution < -0.4 is 5.73 Å². The molecule has 1 aliphatic carbocycles. The maximum atomic E-state index is 5.87. The molecule has 0 aliphatic heterocycles. The first-order chi connectivity index (χ1) is 7.79. The molecule has 0 spiro atoms. The van der Waals surface area contributed by atoms with E-state index in [1.54, 1.807) is 6.20 Å². The van der Waals surface area contributed by atoms with E-state index in [2.05, 4.69) is 11.1 Å². The number of rotatable bonds is 3. The minimum absolute atomic E-state index is 0.641. The third kappa shape index (κ3) is 3.06. The first-order valence-corrected chi connectivity index (χ1v) is 7.01. The summed E-state index contributed by atoms with van der Waals surface area (Å²) in [5.41, 5.74) is 7.17. The van der Waals surface area contributed by atoms with E-state index in [9.17, 15) is 0 Å². The molecule has 1 aliphatic rings. The second-order valence-corrected chi connectivity index (χ2v) is 5.95. The number of nitrogens with two attached hydrogens (primary N) is 1. The van der Waals surface area contributed by atoms with Crippen LogP contribution in [0.4, 0.5) is 0 Å². The van der Waals surface area contributed by atoms with E-state index in [1.807, 2.05) is 0 Å². The van der Waals surface area contributed by atoms with E-state index in [0.717, 1.165) is 9.34 Å². The summed E-state index contributed by atoms with van der Waals surface area (Å²) in [5.74, 6) is 0.668. The molecule has 16 heavy (non-hydrogen) atoms. The van der Waals surface area contributed by atoms with Crippen LogP contribution in [0, 0.1) is 5.92 Å². The van der Waals surface area contributed by atoms with Gasteiger partial charge in [0.1, 0.15) is 9.34 Å². The van der Waals surface area contributed by atoms with Crippen molar-refractivity contribution in [1.82, 2.24) is 4.98 Å². The van der Waals surface area contributed by atoms with Gasteiger partial charge in [-0.3, -0.25) is 0 Å². The summed E-state index contributed by atoms with van der Waals surface area (Å²) in [5, 5.41) is 0.982. The zero-order valence-electron chi connectivity index (χ0n) is 9.29. The summed E-state index contributed by atoms with van der Waals surface area (Å²) >= 11 is 7.39. The van der Waals surface area contributed by atoms with Crippen LogP contribution in [0.1, 0.15) is 37.1 Å². The molecular formula is C12H17ClN2S. The lowest BCUT2D eigenvalue weighted by atomic mass is 9.83. The molecule has 0 aromatic carbocycles. The predicted molar refractivity (Wildman–Crippen MR) is 70.7 cm³/mol. The van der Waals surface area contributed by atoms with Crippen LogP contribution in [0.15, 0.2) is 11.8 Å². The van der Waals surface area contributed by atoms with Gasteiger partial charge in [0.05, 0.1) is 6.20 Å². The average molecular weight is 257 g/mol. The minimum atomic E-state index is 0.641. The molecule has 2 nitrogen and oxygen atoms in total. The third-order valence-corrected chi connectivity index (χ3v) is 4.23. The molecule has 0 saturated heterocycles. The highest BCUT2D eigenvalue weighted by atomic mass is 35.5. The van der Waals surface area contributed by atoms with Gasteiger partial charge in [-0.15, -0.1) is 11.3 Å². The van der Waals surface area contributed by atoms with Crippen molar-refractivity contribution in [3.8, 4) is 0 Å². The van der Waals surface area contributed by atoms with Crippen molar-refractivity contribution in [3.63, 3.8) is 0 Å². The summed E-state index contributed by atoms with van der Waals surface area (Å²) in [4.78, 5) is 4.25. The highest BCUT2D eigenvalue weighted by molar-refractivity contribution is 7.16. The molecule has 4 heteroatoms. The maximum Gasteiger partial charge on any atom is 0.117 e. The fourth-order valence-corrected chi connectivity index (χ4v) is 3.22. The summed E-state index contributed by atoms with van der Waals surface area (Å²) in [6.45, 7) is 0.641. The smallest absolute Gasteiger partial charge is 0.117 e. The summed E-state index contributed by atoms with van der Waals surface area (Å²) in [6.07, 6.45) is 10.4. The number of halogens is 1. The quantitative estimate of drug-likeness (QED) is 0.895. The van der Waals surface area contributed by atoms with Gasteiger partial charge >= 0.3 is 0 Å². The van der Waals surface area contributed by atoms with Crippen molar-refractivity contribution in [2.75, 3.05) is 6.54 Å². The molecule has 0 radical (unpaired) electrons. The van der Waals surface area contributed by atoms with Gasteiger partial charge in [0.15, 0.2) is 0 Å². The van der Waals surface area contributed by atoms with Crippen molar-refractivity contribution in [2.24, 2.45) is 11.7 Å². The Morgan fingerprint density at radius 2 is 2.25 bits per heavy atom. The molecule has 2 N–H and O–H groups in total. The van der Waals surface area contributed by atoms with Crippen molar-refractivity contribution in [3.05, 3.63) is 21.1 Å². The van der Waals surface area contributed by atoms with Crippen LogP contribution in [0.2, 0.25) is 4.34 Å². The van der Waals surface area contributed by atoms with E-state index < -0.39 is 0 Å². The lowest BCUT2D eigenvalue weighted by Gasteiger charge is -2.23. The Morgan fingerprint density at radius 3 is 2.81 bits per heavy atom. The van der Waals surface area contributed by atoms with E-state index in [1.165, 1.54) is 49.0 Å². The molecule has 2 rings (SSSR count). The standard InChI is InChI=1S/C12H17ClN2S/c13-11-8-15-12(16-11)6-10(7-14)9-4-2-1-3-5-9/h6,8-9H,1-5,7,14H2/b10-6-. The number of aromatic nitrogens is 1. The minimum Gasteiger partial charge on any atom is -0.327 e. The molecule has 1 fully saturated rings. The summed E-state index contributed by atoms with van der Waals surface area (Å²) < 4.78 is 0.742. The summed E-state index contributed by atoms with van der Waals surface area (Å²) in [7, 11) is 0. The molecule has 88 valence electrons. The first-order valence-electron chi connectivity index (χ1n) is 5.81. The number of thiazole rings is 1. The molecule has 0 unspecified atom stereocenters. The van der Waals surface area contributed by atoms with Gasteiger partial charge in [-0.2, -0.15) is 0 Å². The summed E-state index contributed by atoms with van der Waals surface area (Å²) in [6, 6.07) is 0. The molecule has 1 heterocycles. The number of hydrogen-bond acceptors (Lipinski definition) is 3. The highest BCUT2D eigenvalue weighted by Gasteiger charge is 2.17. The number of hydrogen-bond donors (Lipinski definition) is 1. The molecule has 1 saturated carbocycles. The van der Waals surface area contributed by atoms with Gasteiger partial charge in [0.25, 0.3) is 0 Å². The largest absolute Gasteiger partial charge is 0.327 e. The SMILES string of the molecule is NC/C(=C/c1ncc(Cl)s1)C1CCCCC1. The molecule has 0 bridgehead atoms. The van der Waals surface area contributed by atoms with Crippen LogP contribution in [0.5, 0.6) is 0 Å². The van der Waals surface area contributed by atoms with Gasteiger partial charge in [-0.25, -0.2) is 4.98 Å². The van der Waals surface area contributed by atoms with Gasteiger partial charge in [0, 0.05) is 6.54 Å². The Morgan fingerprint density at radius 1 is 1.50 bits per heavy atom. The monoisotopic (exact) mass is 256 g/mol. The van der Waals surface area contributed by atoms with E-state index in [0.29, 0.717) is 12.5 Å². The normalized spacial score (nSPS) is 19.0. The third-order valence-electron chi connectivity index (χ3n) is 3.17. The molecule has 1 aromatic heterocycles. The van der Waals surface area contributed by atoms with Crippen molar-refractivity contribution in [2.45, 2.75) is 32.1 Å². The predicted octanol–water partition coefficient (Wildman–Crippen LogP) is 3.72. The van der Waals surface area contributed by atoms with Crippen molar-refractivity contribution in [1.29, 1.82) is 0 Å². The molecular weight excluding hydrogens is 240 g/mol. The van der Waals surface area contributed by atoms with Crippen LogP contribution in [-0.4, -0.2) is 11.5 Å². The van der Waals surface area contributed by atoms with Crippen molar-refractivity contribution >= 4 is 29.0 Å². The second-order valence-electron chi connectivity index (χ2n) is 4.26. The van der Waals surface area contributed by atoms with Gasteiger partial charge < -0.3 is 5.73 Å². The van der Waals surface area contributed by atoms with E-state index >= 15 is 0 Å². The Balaban J connectivity index is 2.11. The van der Waals surface area contributed by atoms with E-state index in [-0.39, 0.29) is 0 Å². The van der Waals surface area contributed by atoms with E-state index in [4.69, 9.17) is 17.3 Å². The second kappa shape index (κ2) is 5.80. The zero-order valence-corrected chi connectivity index (χ0v) is 10.9. The van der Waals surface area contributed by atoms with Gasteiger partial charge in [-0.05, 0) is 24.8 Å². The lowest BCUT2D eigenvalue weighted by molar-refractivity contribution is 0.401. The van der Waals surface area contributed by atoms with Gasteiger partial charge in [0.2, 0.25) is 0 Å². The fourth-order valence-electron chi connectivity index (χ4n) is 2.31. The Labute approximate surface area is 106 Å². The first kappa shape index (κ1) is 12.1. The van der Waals surface area contributed by atoms with Crippen LogP contribution >= 0.6 is 22.9 Å². The van der Waals surface area contributed by atoms with Crippen molar-refractivity contribution < 1.29 is 0 Å². The fraction of sp³-hybridized carbons (Fsp3) is 0.583. The van der Waals surface area contributed by atoms with Gasteiger partial charge in [-0.1, -0.05) is 36.4 Å². The molecule has 0 amide bonds. The Kier molecular flexibility index (Phi) is 4.38. The topological polar surface area (TPSA) is 38.9 Å². The average Bonchev–Trinajstić information content (AvgIpc) is 2.73.